The number of hydrogen-bond acceptors (Lipinski definition) is 7. The number of benzene rings is 1. The van der Waals surface area contributed by atoms with E-state index < -0.39 is 20.6 Å². The Labute approximate surface area is 158 Å². The number of amides is 1. The van der Waals surface area contributed by atoms with Gasteiger partial charge in [0.2, 0.25) is 15.9 Å². The molecule has 0 radical (unpaired) electrons. The number of nitrogens with one attached hydrogen (secondary N) is 1. The molecule has 1 fully saturated rings. The number of piperidine rings is 1. The highest BCUT2D eigenvalue weighted by molar-refractivity contribution is 7.89. The molecule has 27 heavy (non-hydrogen) atoms. The van der Waals surface area contributed by atoms with Crippen molar-refractivity contribution in [1.82, 2.24) is 4.90 Å². The van der Waals surface area contributed by atoms with Crippen LogP contribution < -0.4 is 16.2 Å². The largest absolute Gasteiger partial charge is 0.379 e. The Hall–Kier alpha value is -2.24. The number of rotatable bonds is 7. The average molecular weight is 399 g/mol. The van der Waals surface area contributed by atoms with Crippen LogP contribution in [-0.4, -0.2) is 49.8 Å². The highest BCUT2D eigenvalue weighted by Crippen LogP contribution is 2.27. The second-order valence-corrected chi connectivity index (χ2v) is 8.33. The first-order valence-corrected chi connectivity index (χ1v) is 10.2. The van der Waals surface area contributed by atoms with Gasteiger partial charge in [0.25, 0.3) is 5.69 Å². The van der Waals surface area contributed by atoms with Gasteiger partial charge in [-0.05, 0) is 30.9 Å². The standard InChI is InChI=1S/C16H25N5O5S/c1-11-5-7-20(12(8-11)10-17)16(22)4-6-19-14-3-2-13(27(18,25)26)9-15(14)21(23)24/h2-3,9,11-12,19H,4-8,10,17H2,1H3,(H2,18,25,26). The first kappa shape index (κ1) is 21.1. The van der Waals surface area contributed by atoms with E-state index in [-0.39, 0.29) is 35.5 Å². The van der Waals surface area contributed by atoms with Crippen LogP contribution in [0, 0.1) is 16.0 Å². The van der Waals surface area contributed by atoms with Crippen LogP contribution in [0.2, 0.25) is 0 Å². The van der Waals surface area contributed by atoms with E-state index in [1.165, 1.54) is 12.1 Å². The summed E-state index contributed by atoms with van der Waals surface area (Å²) in [5.74, 6) is 0.467. The Balaban J connectivity index is 2.02. The molecule has 1 aliphatic rings. The van der Waals surface area contributed by atoms with Crippen LogP contribution in [0.25, 0.3) is 0 Å². The predicted octanol–water partition coefficient (Wildman–Crippen LogP) is 0.630. The molecule has 0 spiro atoms. The minimum atomic E-state index is -4.04. The molecule has 1 aliphatic heterocycles. The van der Waals surface area contributed by atoms with E-state index in [0.29, 0.717) is 19.0 Å². The Morgan fingerprint density at radius 3 is 2.74 bits per heavy atom. The molecule has 150 valence electrons. The van der Waals surface area contributed by atoms with Crippen molar-refractivity contribution >= 4 is 27.3 Å². The molecule has 1 saturated heterocycles. The second kappa shape index (κ2) is 8.63. The fourth-order valence-electron chi connectivity index (χ4n) is 3.24. The van der Waals surface area contributed by atoms with E-state index in [1.807, 2.05) is 0 Å². The molecule has 2 unspecified atom stereocenters. The number of sulfonamides is 1. The number of hydrogen-bond donors (Lipinski definition) is 3. The van der Waals surface area contributed by atoms with Gasteiger partial charge in [-0.15, -0.1) is 0 Å². The molecule has 1 aromatic rings. The maximum Gasteiger partial charge on any atom is 0.293 e. The van der Waals surface area contributed by atoms with Gasteiger partial charge in [-0.25, -0.2) is 13.6 Å². The molecular formula is C16H25N5O5S. The number of likely N-dealkylation sites (tertiary alicyclic amines) is 1. The third-order valence-electron chi connectivity index (χ3n) is 4.72. The minimum Gasteiger partial charge on any atom is -0.379 e. The predicted molar refractivity (Wildman–Crippen MR) is 101 cm³/mol. The monoisotopic (exact) mass is 399 g/mol. The first-order valence-electron chi connectivity index (χ1n) is 8.68. The molecular weight excluding hydrogens is 374 g/mol. The van der Waals surface area contributed by atoms with Crippen molar-refractivity contribution < 1.29 is 18.1 Å². The van der Waals surface area contributed by atoms with Crippen LogP contribution in [0.3, 0.4) is 0 Å². The Morgan fingerprint density at radius 1 is 1.44 bits per heavy atom. The summed E-state index contributed by atoms with van der Waals surface area (Å²) in [6.07, 6.45) is 1.95. The first-order chi connectivity index (χ1) is 12.6. The minimum absolute atomic E-state index is 0.0182. The van der Waals surface area contributed by atoms with E-state index in [9.17, 15) is 23.3 Å². The van der Waals surface area contributed by atoms with Crippen molar-refractivity contribution in [2.24, 2.45) is 16.8 Å². The van der Waals surface area contributed by atoms with Gasteiger partial charge in [0.05, 0.1) is 9.82 Å². The third-order valence-corrected chi connectivity index (χ3v) is 5.63. The molecule has 0 bridgehead atoms. The van der Waals surface area contributed by atoms with Crippen molar-refractivity contribution in [2.45, 2.75) is 37.1 Å². The smallest absolute Gasteiger partial charge is 0.293 e. The highest BCUT2D eigenvalue weighted by atomic mass is 32.2. The summed E-state index contributed by atoms with van der Waals surface area (Å²) in [5.41, 5.74) is 5.48. The summed E-state index contributed by atoms with van der Waals surface area (Å²) in [5, 5.41) is 19.0. The number of anilines is 1. The van der Waals surface area contributed by atoms with Gasteiger partial charge in [-0.2, -0.15) is 0 Å². The van der Waals surface area contributed by atoms with Crippen molar-refractivity contribution in [2.75, 3.05) is 25.0 Å². The Kier molecular flexibility index (Phi) is 6.73. The highest BCUT2D eigenvalue weighted by Gasteiger charge is 2.28. The number of carbonyl (C=O) groups excluding carboxylic acids is 1. The lowest BCUT2D eigenvalue weighted by Crippen LogP contribution is -2.49. The quantitative estimate of drug-likeness (QED) is 0.447. The maximum absolute atomic E-state index is 12.5. The number of nitro groups is 1. The van der Waals surface area contributed by atoms with E-state index in [1.54, 1.807) is 4.90 Å². The number of nitrogens with zero attached hydrogens (tertiary/aromatic N) is 2. The van der Waals surface area contributed by atoms with E-state index in [0.717, 1.165) is 18.9 Å². The molecule has 1 heterocycles. The number of nitro benzene ring substituents is 1. The molecule has 5 N–H and O–H groups in total. The molecule has 1 amide bonds. The van der Waals surface area contributed by atoms with Crippen LogP contribution in [0.4, 0.5) is 11.4 Å². The van der Waals surface area contributed by atoms with Crippen LogP contribution in [-0.2, 0) is 14.8 Å². The van der Waals surface area contributed by atoms with Crippen LogP contribution >= 0.6 is 0 Å². The molecule has 1 aromatic carbocycles. The average Bonchev–Trinajstić information content (AvgIpc) is 2.60. The number of nitrogens with two attached hydrogens (primary N) is 2. The van der Waals surface area contributed by atoms with Crippen LogP contribution in [0.1, 0.15) is 26.2 Å². The molecule has 10 nitrogen and oxygen atoms in total. The fraction of sp³-hybridized carbons (Fsp3) is 0.562. The number of carbonyl (C=O) groups is 1. The molecule has 0 saturated carbocycles. The summed E-state index contributed by atoms with van der Waals surface area (Å²) in [4.78, 5) is 24.4. The molecule has 2 rings (SSSR count). The van der Waals surface area contributed by atoms with Crippen molar-refractivity contribution in [1.29, 1.82) is 0 Å². The Morgan fingerprint density at radius 2 is 2.15 bits per heavy atom. The summed E-state index contributed by atoms with van der Waals surface area (Å²) in [6, 6.07) is 3.37. The number of primary sulfonamides is 1. The Bertz CT molecular complexity index is 813. The lowest BCUT2D eigenvalue weighted by molar-refractivity contribution is -0.384. The van der Waals surface area contributed by atoms with Gasteiger partial charge in [0, 0.05) is 38.2 Å². The normalized spacial score (nSPS) is 20.3. The zero-order valence-electron chi connectivity index (χ0n) is 15.1. The lowest BCUT2D eigenvalue weighted by atomic mass is 9.92. The van der Waals surface area contributed by atoms with Gasteiger partial charge in [-0.1, -0.05) is 6.92 Å². The maximum atomic E-state index is 12.5. The van der Waals surface area contributed by atoms with Gasteiger partial charge in [-0.3, -0.25) is 14.9 Å². The van der Waals surface area contributed by atoms with E-state index in [4.69, 9.17) is 10.9 Å². The lowest BCUT2D eigenvalue weighted by Gasteiger charge is -2.38. The zero-order valence-corrected chi connectivity index (χ0v) is 15.9. The molecule has 0 aliphatic carbocycles. The third kappa shape index (κ3) is 5.37. The molecule has 0 aromatic heterocycles. The second-order valence-electron chi connectivity index (χ2n) is 6.76. The van der Waals surface area contributed by atoms with Crippen molar-refractivity contribution in [3.05, 3.63) is 28.3 Å². The SMILES string of the molecule is CC1CCN(C(=O)CCNc2ccc(S(N)(=O)=O)cc2[N+](=O)[O-])C(CN)C1. The van der Waals surface area contributed by atoms with Crippen molar-refractivity contribution in [3.8, 4) is 0 Å². The summed E-state index contributed by atoms with van der Waals surface area (Å²) in [7, 11) is -4.04. The zero-order chi connectivity index (χ0) is 20.2. The van der Waals surface area contributed by atoms with Crippen molar-refractivity contribution in [3.63, 3.8) is 0 Å². The van der Waals surface area contributed by atoms with Gasteiger partial charge >= 0.3 is 0 Å². The van der Waals surface area contributed by atoms with E-state index in [2.05, 4.69) is 12.2 Å². The summed E-state index contributed by atoms with van der Waals surface area (Å²) < 4.78 is 22.7. The summed E-state index contributed by atoms with van der Waals surface area (Å²) in [6.45, 7) is 3.38. The molecule has 11 heteroatoms. The van der Waals surface area contributed by atoms with Gasteiger partial charge in [0.15, 0.2) is 0 Å². The van der Waals surface area contributed by atoms with E-state index >= 15 is 0 Å². The van der Waals surface area contributed by atoms with Gasteiger partial charge in [0.1, 0.15) is 5.69 Å². The fourth-order valence-corrected chi connectivity index (χ4v) is 3.77. The van der Waals surface area contributed by atoms with Crippen LogP contribution in [0.15, 0.2) is 23.1 Å². The topological polar surface area (TPSA) is 162 Å². The molecule has 2 atom stereocenters. The summed E-state index contributed by atoms with van der Waals surface area (Å²) >= 11 is 0. The van der Waals surface area contributed by atoms with Crippen LogP contribution in [0.5, 0.6) is 0 Å². The van der Waals surface area contributed by atoms with Gasteiger partial charge < -0.3 is 16.0 Å².